The molecule has 0 bridgehead atoms. The van der Waals surface area contributed by atoms with Crippen LogP contribution in [-0.4, -0.2) is 40.7 Å². The van der Waals surface area contributed by atoms with Gasteiger partial charge in [0, 0.05) is 5.56 Å². The second kappa shape index (κ2) is 5.95. The maximum Gasteiger partial charge on any atom is 0.419 e. The predicted octanol–water partition coefficient (Wildman–Crippen LogP) is 4.12. The summed E-state index contributed by atoms with van der Waals surface area (Å²) in [7, 11) is 0. The molecule has 2 aromatic carbocycles. The first kappa shape index (κ1) is 19.2. The summed E-state index contributed by atoms with van der Waals surface area (Å²) in [6.07, 6.45) is -10.5. The predicted molar refractivity (Wildman–Crippen MR) is 86.1 cm³/mol. The second-order valence-electron chi connectivity index (χ2n) is 5.79. The van der Waals surface area contributed by atoms with E-state index in [-0.39, 0.29) is 20.4 Å². The summed E-state index contributed by atoms with van der Waals surface area (Å²) in [5.74, 6) is 0. The lowest BCUT2D eigenvalue weighted by atomic mass is 9.92. The van der Waals surface area contributed by atoms with E-state index in [1.54, 1.807) is 0 Å². The van der Waals surface area contributed by atoms with E-state index in [0.717, 1.165) is 12.1 Å². The molecule has 2 N–H and O–H groups in total. The molecule has 0 radical (unpaired) electrons. The van der Waals surface area contributed by atoms with E-state index in [0.29, 0.717) is 10.9 Å². The SMILES string of the molecule is On1nnc2c(Br)c(-c3c(C(F)(F)F)cc4c(nnn4O)c3C(F)(F)F)ccc21. The van der Waals surface area contributed by atoms with Crippen LogP contribution in [0.25, 0.3) is 33.2 Å². The fourth-order valence-corrected chi connectivity index (χ4v) is 3.58. The standard InChI is InChI=1S/C14H5BrF6N6O2/c15-10-4(1-2-6-12(10)23-25-26(6)28)8-5(13(16,17)18)3-7-11(22-24-27(7)29)9(8)14(19,20)21/h1-3,28-29H. The van der Waals surface area contributed by atoms with Gasteiger partial charge in [-0.25, -0.2) is 0 Å². The van der Waals surface area contributed by atoms with Crippen LogP contribution in [0.2, 0.25) is 0 Å². The molecule has 0 saturated carbocycles. The minimum Gasteiger partial charge on any atom is -0.410 e. The Morgan fingerprint density at radius 3 is 2.00 bits per heavy atom. The van der Waals surface area contributed by atoms with Crippen LogP contribution in [0.1, 0.15) is 11.1 Å². The highest BCUT2D eigenvalue weighted by Gasteiger charge is 2.45. The molecule has 2 aromatic heterocycles. The highest BCUT2D eigenvalue weighted by Crippen LogP contribution is 2.49. The van der Waals surface area contributed by atoms with Crippen molar-refractivity contribution in [3.63, 3.8) is 0 Å². The van der Waals surface area contributed by atoms with E-state index >= 15 is 0 Å². The molecule has 0 atom stereocenters. The Labute approximate surface area is 163 Å². The average Bonchev–Trinajstić information content (AvgIpc) is 3.16. The highest BCUT2D eigenvalue weighted by molar-refractivity contribution is 9.10. The summed E-state index contributed by atoms with van der Waals surface area (Å²) in [4.78, 5) is 0.152. The van der Waals surface area contributed by atoms with Crippen molar-refractivity contribution in [2.45, 2.75) is 12.4 Å². The summed E-state index contributed by atoms with van der Waals surface area (Å²) < 4.78 is 82.6. The van der Waals surface area contributed by atoms with Gasteiger partial charge in [0.15, 0.2) is 0 Å². The highest BCUT2D eigenvalue weighted by atomic mass is 79.9. The maximum absolute atomic E-state index is 13.9. The van der Waals surface area contributed by atoms with Crippen LogP contribution in [0.3, 0.4) is 0 Å². The maximum atomic E-state index is 13.9. The quantitative estimate of drug-likeness (QED) is 0.312. The number of hydrogen-bond donors (Lipinski definition) is 2. The Hall–Kier alpha value is -3.10. The van der Waals surface area contributed by atoms with Crippen LogP contribution in [0.15, 0.2) is 22.7 Å². The zero-order valence-electron chi connectivity index (χ0n) is 13.5. The number of alkyl halides is 6. The van der Waals surface area contributed by atoms with Crippen molar-refractivity contribution in [3.8, 4) is 11.1 Å². The van der Waals surface area contributed by atoms with Gasteiger partial charge >= 0.3 is 12.4 Å². The molecule has 8 nitrogen and oxygen atoms in total. The fourth-order valence-electron chi connectivity index (χ4n) is 2.97. The Bertz CT molecular complexity index is 1280. The van der Waals surface area contributed by atoms with Crippen molar-refractivity contribution in [2.24, 2.45) is 0 Å². The van der Waals surface area contributed by atoms with Crippen LogP contribution < -0.4 is 0 Å². The van der Waals surface area contributed by atoms with Gasteiger partial charge in [-0.1, -0.05) is 15.8 Å². The minimum absolute atomic E-state index is 0.0508. The van der Waals surface area contributed by atoms with Gasteiger partial charge < -0.3 is 10.4 Å². The molecule has 0 fully saturated rings. The van der Waals surface area contributed by atoms with E-state index < -0.39 is 45.6 Å². The van der Waals surface area contributed by atoms with Gasteiger partial charge in [-0.2, -0.15) is 26.3 Å². The van der Waals surface area contributed by atoms with Crippen LogP contribution >= 0.6 is 15.9 Å². The third-order valence-electron chi connectivity index (χ3n) is 4.12. The van der Waals surface area contributed by atoms with Crippen molar-refractivity contribution in [2.75, 3.05) is 0 Å². The molecule has 0 spiro atoms. The molecule has 29 heavy (non-hydrogen) atoms. The van der Waals surface area contributed by atoms with E-state index in [4.69, 9.17) is 0 Å². The molecule has 2 heterocycles. The third-order valence-corrected chi connectivity index (χ3v) is 4.93. The number of fused-ring (bicyclic) bond motifs is 2. The van der Waals surface area contributed by atoms with Crippen molar-refractivity contribution < 1.29 is 36.8 Å². The van der Waals surface area contributed by atoms with Crippen LogP contribution in [0.5, 0.6) is 0 Å². The lowest BCUT2D eigenvalue weighted by Gasteiger charge is -2.20. The molecule has 152 valence electrons. The van der Waals surface area contributed by atoms with Crippen LogP contribution in [0, 0.1) is 0 Å². The normalized spacial score (nSPS) is 12.9. The first-order chi connectivity index (χ1) is 13.4. The Morgan fingerprint density at radius 1 is 0.828 bits per heavy atom. The third kappa shape index (κ3) is 2.83. The molecule has 4 aromatic rings. The lowest BCUT2D eigenvalue weighted by Crippen LogP contribution is -2.15. The Balaban J connectivity index is 2.23. The smallest absolute Gasteiger partial charge is 0.410 e. The summed E-state index contributed by atoms with van der Waals surface area (Å²) in [5, 5.41) is 32.0. The number of benzene rings is 2. The molecule has 0 aliphatic carbocycles. The van der Waals surface area contributed by atoms with Crippen molar-refractivity contribution in [1.29, 1.82) is 0 Å². The topological polar surface area (TPSA) is 102 Å². The monoisotopic (exact) mass is 482 g/mol. The lowest BCUT2D eigenvalue weighted by molar-refractivity contribution is -0.141. The molecule has 0 unspecified atom stereocenters. The minimum atomic E-state index is -5.28. The second-order valence-corrected chi connectivity index (χ2v) is 6.58. The van der Waals surface area contributed by atoms with Crippen molar-refractivity contribution in [1.82, 2.24) is 30.3 Å². The Kier molecular flexibility index (Phi) is 3.94. The van der Waals surface area contributed by atoms with Crippen molar-refractivity contribution in [3.05, 3.63) is 33.8 Å². The fraction of sp³-hybridized carbons (Fsp3) is 0.143. The summed E-state index contributed by atoms with van der Waals surface area (Å²) >= 11 is 2.95. The first-order valence-electron chi connectivity index (χ1n) is 7.41. The van der Waals surface area contributed by atoms with E-state index in [1.807, 2.05) is 0 Å². The summed E-state index contributed by atoms with van der Waals surface area (Å²) in [5.41, 5.74) is -7.23. The largest absolute Gasteiger partial charge is 0.419 e. The molecule has 4 rings (SSSR count). The van der Waals surface area contributed by atoms with Crippen LogP contribution in [0.4, 0.5) is 26.3 Å². The molecular formula is C14H5BrF6N6O2. The number of nitrogens with zero attached hydrogens (tertiary/aromatic N) is 6. The average molecular weight is 483 g/mol. The van der Waals surface area contributed by atoms with E-state index in [2.05, 4.69) is 36.6 Å². The van der Waals surface area contributed by atoms with Crippen molar-refractivity contribution >= 4 is 38.0 Å². The molecule has 0 aliphatic heterocycles. The molecule has 0 aliphatic rings. The first-order valence-corrected chi connectivity index (χ1v) is 8.20. The zero-order chi connectivity index (χ0) is 21.3. The van der Waals surface area contributed by atoms with Gasteiger partial charge in [-0.15, -0.1) is 10.2 Å². The number of hydrogen-bond acceptors (Lipinski definition) is 6. The van der Waals surface area contributed by atoms with Gasteiger partial charge in [-0.05, 0) is 44.1 Å². The van der Waals surface area contributed by atoms with Gasteiger partial charge in [-0.3, -0.25) is 0 Å². The number of rotatable bonds is 1. The molecule has 0 amide bonds. The molecule has 15 heteroatoms. The van der Waals surface area contributed by atoms with Gasteiger partial charge in [0.1, 0.15) is 22.1 Å². The van der Waals surface area contributed by atoms with Crippen LogP contribution in [-0.2, 0) is 12.4 Å². The summed E-state index contributed by atoms with van der Waals surface area (Å²) in [6, 6.07) is 2.32. The van der Waals surface area contributed by atoms with Gasteiger partial charge in [0.25, 0.3) is 0 Å². The van der Waals surface area contributed by atoms with Gasteiger partial charge in [0.2, 0.25) is 0 Å². The zero-order valence-corrected chi connectivity index (χ0v) is 15.0. The molecular weight excluding hydrogens is 478 g/mol. The number of halogens is 7. The van der Waals surface area contributed by atoms with E-state index in [1.165, 1.54) is 0 Å². The van der Waals surface area contributed by atoms with E-state index in [9.17, 15) is 36.8 Å². The summed E-state index contributed by atoms with van der Waals surface area (Å²) in [6.45, 7) is 0. The molecule has 0 saturated heterocycles. The van der Waals surface area contributed by atoms with Gasteiger partial charge in [0.05, 0.1) is 15.6 Å². The Morgan fingerprint density at radius 2 is 1.41 bits per heavy atom. The number of aromatic nitrogens is 6.